The van der Waals surface area contributed by atoms with Gasteiger partial charge in [0.15, 0.2) is 0 Å². The summed E-state index contributed by atoms with van der Waals surface area (Å²) in [5, 5.41) is 10.8. The number of hydrogen-bond acceptors (Lipinski definition) is 3. The number of rotatable bonds is 2. The average molecular weight is 361 g/mol. The zero-order chi connectivity index (χ0) is 19.0. The van der Waals surface area contributed by atoms with Crippen LogP contribution in [0.5, 0.6) is 0 Å². The van der Waals surface area contributed by atoms with Crippen LogP contribution in [0.3, 0.4) is 0 Å². The van der Waals surface area contributed by atoms with Crippen molar-refractivity contribution in [3.63, 3.8) is 0 Å². The van der Waals surface area contributed by atoms with Gasteiger partial charge in [0.05, 0.1) is 24.1 Å². The van der Waals surface area contributed by atoms with Crippen molar-refractivity contribution < 1.29 is 4.79 Å². The summed E-state index contributed by atoms with van der Waals surface area (Å²) in [6, 6.07) is 14.0. The van der Waals surface area contributed by atoms with Crippen molar-refractivity contribution in [1.82, 2.24) is 15.1 Å². The van der Waals surface area contributed by atoms with E-state index in [1.165, 1.54) is 5.56 Å². The van der Waals surface area contributed by atoms with Crippen molar-refractivity contribution in [1.29, 1.82) is 0 Å². The Balaban J connectivity index is 1.64. The summed E-state index contributed by atoms with van der Waals surface area (Å²) in [6.45, 7) is 5.05. The topological polar surface area (TPSA) is 62.2 Å². The van der Waals surface area contributed by atoms with Gasteiger partial charge in [-0.2, -0.15) is 5.10 Å². The fourth-order valence-corrected chi connectivity index (χ4v) is 3.38. The van der Waals surface area contributed by atoms with Crippen LogP contribution in [0.15, 0.2) is 48.7 Å². The van der Waals surface area contributed by atoms with Crippen molar-refractivity contribution in [2.45, 2.75) is 26.9 Å². The Bertz CT molecular complexity index is 1010. The second kappa shape index (κ2) is 6.79. The molecule has 0 unspecified atom stereocenters. The molecule has 0 saturated heterocycles. The lowest BCUT2D eigenvalue weighted by molar-refractivity contribution is 0.245. The van der Waals surface area contributed by atoms with E-state index in [1.807, 2.05) is 50.5 Å². The first-order chi connectivity index (χ1) is 13.0. The summed E-state index contributed by atoms with van der Waals surface area (Å²) in [7, 11) is 1.90. The molecule has 0 spiro atoms. The lowest BCUT2D eigenvalue weighted by Gasteiger charge is -2.23. The van der Waals surface area contributed by atoms with Crippen molar-refractivity contribution >= 4 is 23.2 Å². The summed E-state index contributed by atoms with van der Waals surface area (Å²) in [4.78, 5) is 14.8. The molecule has 1 aliphatic rings. The Morgan fingerprint density at radius 2 is 2.04 bits per heavy atom. The zero-order valence-electron chi connectivity index (χ0n) is 15.8. The smallest absolute Gasteiger partial charge is 0.322 e. The van der Waals surface area contributed by atoms with Gasteiger partial charge in [-0.25, -0.2) is 4.79 Å². The van der Waals surface area contributed by atoms with Crippen molar-refractivity contribution in [2.24, 2.45) is 7.05 Å². The molecule has 0 aliphatic carbocycles. The third kappa shape index (κ3) is 3.26. The average Bonchev–Trinajstić information content (AvgIpc) is 2.90. The fourth-order valence-electron chi connectivity index (χ4n) is 3.38. The van der Waals surface area contributed by atoms with Gasteiger partial charge in [0, 0.05) is 19.2 Å². The first kappa shape index (κ1) is 17.1. The summed E-state index contributed by atoms with van der Waals surface area (Å²) >= 11 is 0. The lowest BCUT2D eigenvalue weighted by atomic mass is 10.1. The van der Waals surface area contributed by atoms with Crippen LogP contribution in [-0.4, -0.2) is 15.8 Å². The van der Waals surface area contributed by atoms with E-state index < -0.39 is 0 Å². The zero-order valence-corrected chi connectivity index (χ0v) is 15.8. The summed E-state index contributed by atoms with van der Waals surface area (Å²) < 4.78 is 1.80. The van der Waals surface area contributed by atoms with E-state index in [4.69, 9.17) is 0 Å². The molecule has 0 saturated carbocycles. The molecular formula is C21H23N5O. The van der Waals surface area contributed by atoms with Crippen LogP contribution in [-0.2, 0) is 20.1 Å². The van der Waals surface area contributed by atoms with E-state index in [-0.39, 0.29) is 6.03 Å². The maximum absolute atomic E-state index is 13.1. The maximum atomic E-state index is 13.1. The second-order valence-electron chi connectivity index (χ2n) is 6.96. The molecule has 2 aromatic carbocycles. The van der Waals surface area contributed by atoms with Crippen LogP contribution in [0.1, 0.15) is 22.3 Å². The van der Waals surface area contributed by atoms with E-state index in [9.17, 15) is 4.79 Å². The largest absolute Gasteiger partial charge is 0.338 e. The van der Waals surface area contributed by atoms with Gasteiger partial charge < -0.3 is 10.6 Å². The number of hydrogen-bond donors (Lipinski definition) is 2. The molecule has 1 aliphatic heterocycles. The number of aromatic nitrogens is 2. The molecule has 0 radical (unpaired) electrons. The van der Waals surface area contributed by atoms with Crippen LogP contribution in [0.2, 0.25) is 0 Å². The molecule has 0 atom stereocenters. The second-order valence-corrected chi connectivity index (χ2v) is 6.96. The minimum atomic E-state index is -0.123. The van der Waals surface area contributed by atoms with Gasteiger partial charge in [0.2, 0.25) is 0 Å². The first-order valence-electron chi connectivity index (χ1n) is 9.01. The molecule has 4 rings (SSSR count). The Morgan fingerprint density at radius 3 is 2.85 bits per heavy atom. The molecule has 138 valence electrons. The molecule has 2 heterocycles. The summed E-state index contributed by atoms with van der Waals surface area (Å²) in [6.07, 6.45) is 1.81. The molecule has 1 aromatic heterocycles. The van der Waals surface area contributed by atoms with E-state index in [2.05, 4.69) is 34.8 Å². The highest BCUT2D eigenvalue weighted by Gasteiger charge is 2.26. The highest BCUT2D eigenvalue weighted by atomic mass is 16.2. The highest BCUT2D eigenvalue weighted by Crippen LogP contribution is 2.36. The number of nitrogens with one attached hydrogen (secondary N) is 2. The van der Waals surface area contributed by atoms with E-state index >= 15 is 0 Å². The van der Waals surface area contributed by atoms with Gasteiger partial charge in [0.25, 0.3) is 0 Å². The van der Waals surface area contributed by atoms with Crippen LogP contribution >= 0.6 is 0 Å². The van der Waals surface area contributed by atoms with E-state index in [1.54, 1.807) is 9.58 Å². The molecule has 6 heteroatoms. The minimum absolute atomic E-state index is 0.123. The van der Waals surface area contributed by atoms with Crippen LogP contribution in [0.25, 0.3) is 0 Å². The molecule has 27 heavy (non-hydrogen) atoms. The predicted octanol–water partition coefficient (Wildman–Crippen LogP) is 4.01. The van der Waals surface area contributed by atoms with Crippen molar-refractivity contribution in [2.75, 3.05) is 10.2 Å². The SMILES string of the molecule is Cc1ccc2c(c1)Nc1c(cnn1C)CN2C(=O)NCc1ccccc1C. The fraction of sp³-hybridized carbons (Fsp3) is 0.238. The number of fused-ring (bicyclic) bond motifs is 2. The summed E-state index contributed by atoms with van der Waals surface area (Å²) in [5.41, 5.74) is 6.16. The number of nitrogens with zero attached hydrogens (tertiary/aromatic N) is 3. The molecule has 0 bridgehead atoms. The van der Waals surface area contributed by atoms with E-state index in [0.717, 1.165) is 33.9 Å². The molecule has 2 N–H and O–H groups in total. The summed E-state index contributed by atoms with van der Waals surface area (Å²) in [5.74, 6) is 0.913. The van der Waals surface area contributed by atoms with Gasteiger partial charge >= 0.3 is 6.03 Å². The number of amides is 2. The Hall–Kier alpha value is -3.28. The third-order valence-electron chi connectivity index (χ3n) is 4.98. The standard InChI is InChI=1S/C21H23N5O/c1-14-8-9-19-18(10-14)24-20-17(12-23-25(20)3)13-26(19)21(27)22-11-16-7-5-4-6-15(16)2/h4-10,12,24H,11,13H2,1-3H3,(H,22,27). The highest BCUT2D eigenvalue weighted by molar-refractivity contribution is 5.97. The van der Waals surface area contributed by atoms with Crippen LogP contribution in [0, 0.1) is 13.8 Å². The molecule has 0 fully saturated rings. The Labute approximate surface area is 158 Å². The van der Waals surface area contributed by atoms with Crippen LogP contribution < -0.4 is 15.5 Å². The van der Waals surface area contributed by atoms with E-state index in [0.29, 0.717) is 13.1 Å². The number of anilines is 3. The molecule has 3 aromatic rings. The molecular weight excluding hydrogens is 338 g/mol. The maximum Gasteiger partial charge on any atom is 0.322 e. The van der Waals surface area contributed by atoms with Gasteiger partial charge in [-0.05, 0) is 42.7 Å². The molecule has 6 nitrogen and oxygen atoms in total. The van der Waals surface area contributed by atoms with Gasteiger partial charge in [-0.15, -0.1) is 0 Å². The van der Waals surface area contributed by atoms with Crippen molar-refractivity contribution in [3.8, 4) is 0 Å². The number of carbonyl (C=O) groups excluding carboxylic acids is 1. The number of benzene rings is 2. The minimum Gasteiger partial charge on any atom is -0.338 e. The first-order valence-corrected chi connectivity index (χ1v) is 9.01. The normalized spacial score (nSPS) is 12.6. The Morgan fingerprint density at radius 1 is 1.22 bits per heavy atom. The lowest BCUT2D eigenvalue weighted by Crippen LogP contribution is -2.39. The monoisotopic (exact) mass is 361 g/mol. The van der Waals surface area contributed by atoms with Crippen molar-refractivity contribution in [3.05, 3.63) is 70.9 Å². The number of urea groups is 1. The quantitative estimate of drug-likeness (QED) is 0.725. The third-order valence-corrected chi connectivity index (χ3v) is 4.98. The van der Waals surface area contributed by atoms with Gasteiger partial charge in [-0.1, -0.05) is 30.3 Å². The number of carbonyl (C=O) groups is 1. The van der Waals surface area contributed by atoms with Gasteiger partial charge in [-0.3, -0.25) is 9.58 Å². The predicted molar refractivity (Wildman–Crippen MR) is 107 cm³/mol. The Kier molecular flexibility index (Phi) is 4.32. The molecule has 2 amide bonds. The van der Waals surface area contributed by atoms with Crippen LogP contribution in [0.4, 0.5) is 22.0 Å². The number of aryl methyl sites for hydroxylation is 3. The van der Waals surface area contributed by atoms with Gasteiger partial charge in [0.1, 0.15) is 5.82 Å².